The number of likely N-dealkylation sites (tertiary alicyclic amines) is 1. The van der Waals surface area contributed by atoms with Gasteiger partial charge in [-0.2, -0.15) is 0 Å². The number of amides is 3. The van der Waals surface area contributed by atoms with E-state index in [4.69, 9.17) is 9.57 Å². The van der Waals surface area contributed by atoms with E-state index < -0.39 is 17.4 Å². The summed E-state index contributed by atoms with van der Waals surface area (Å²) in [5, 5.41) is 0.852. The summed E-state index contributed by atoms with van der Waals surface area (Å²) in [5.74, 6) is -0.874. The zero-order chi connectivity index (χ0) is 19.1. The summed E-state index contributed by atoms with van der Waals surface area (Å²) in [6, 6.07) is 6.56. The second-order valence-corrected chi connectivity index (χ2v) is 7.72. The van der Waals surface area contributed by atoms with Gasteiger partial charge in [-0.15, -0.1) is 5.06 Å². The van der Waals surface area contributed by atoms with Crippen molar-refractivity contribution in [2.45, 2.75) is 58.3 Å². The van der Waals surface area contributed by atoms with Crippen molar-refractivity contribution in [3.63, 3.8) is 0 Å². The third kappa shape index (κ3) is 3.58. The molecule has 0 bridgehead atoms. The number of nitrogens with zero attached hydrogens (tertiary/aromatic N) is 2. The summed E-state index contributed by atoms with van der Waals surface area (Å²) in [6.45, 7) is 7.83. The lowest BCUT2D eigenvalue weighted by Gasteiger charge is -2.38. The highest BCUT2D eigenvalue weighted by Crippen LogP contribution is 2.27. The fourth-order valence-corrected chi connectivity index (χ4v) is 3.23. The summed E-state index contributed by atoms with van der Waals surface area (Å²) < 4.78 is 5.42. The predicted molar refractivity (Wildman–Crippen MR) is 93.5 cm³/mol. The second kappa shape index (κ2) is 6.72. The number of carbonyl (C=O) groups excluding carboxylic acids is 3. The number of piperidine rings is 1. The lowest BCUT2D eigenvalue weighted by molar-refractivity contribution is -0.150. The van der Waals surface area contributed by atoms with Gasteiger partial charge in [-0.05, 0) is 52.7 Å². The van der Waals surface area contributed by atoms with Gasteiger partial charge in [0.15, 0.2) is 0 Å². The third-order valence-electron chi connectivity index (χ3n) is 4.47. The molecule has 3 rings (SSSR count). The van der Waals surface area contributed by atoms with Gasteiger partial charge in [0, 0.05) is 12.6 Å². The number of rotatable bonds is 2. The maximum Gasteiger partial charge on any atom is 0.410 e. The largest absolute Gasteiger partial charge is 0.444 e. The first-order valence-corrected chi connectivity index (χ1v) is 8.81. The molecule has 2 heterocycles. The molecule has 7 nitrogen and oxygen atoms in total. The molecular formula is C19H24N2O5. The fraction of sp³-hybridized carbons (Fsp3) is 0.526. The van der Waals surface area contributed by atoms with E-state index in [0.717, 1.165) is 5.06 Å². The minimum Gasteiger partial charge on any atom is -0.444 e. The normalized spacial score (nSPS) is 23.2. The van der Waals surface area contributed by atoms with Crippen molar-refractivity contribution < 1.29 is 24.0 Å². The molecule has 140 valence electrons. The van der Waals surface area contributed by atoms with Crippen LogP contribution in [0.2, 0.25) is 0 Å². The van der Waals surface area contributed by atoms with Crippen LogP contribution in [0.4, 0.5) is 4.79 Å². The van der Waals surface area contributed by atoms with Gasteiger partial charge in [0.05, 0.1) is 17.2 Å². The minimum absolute atomic E-state index is 0.112. The zero-order valence-electron chi connectivity index (χ0n) is 15.5. The first kappa shape index (κ1) is 18.4. The van der Waals surface area contributed by atoms with Crippen molar-refractivity contribution in [3.8, 4) is 0 Å². The van der Waals surface area contributed by atoms with Gasteiger partial charge >= 0.3 is 6.09 Å². The first-order valence-electron chi connectivity index (χ1n) is 8.81. The lowest BCUT2D eigenvalue weighted by Crippen LogP contribution is -2.50. The van der Waals surface area contributed by atoms with E-state index in [9.17, 15) is 14.4 Å². The summed E-state index contributed by atoms with van der Waals surface area (Å²) in [6.07, 6.45) is 0.374. The quantitative estimate of drug-likeness (QED) is 0.758. The first-order chi connectivity index (χ1) is 12.2. The number of imide groups is 1. The molecule has 7 heteroatoms. The number of fused-ring (bicyclic) bond motifs is 1. The van der Waals surface area contributed by atoms with Crippen LogP contribution in [-0.4, -0.2) is 52.2 Å². The monoisotopic (exact) mass is 360 g/mol. The Labute approximate surface area is 152 Å². The maximum atomic E-state index is 12.4. The van der Waals surface area contributed by atoms with Gasteiger partial charge in [0.2, 0.25) is 0 Å². The summed E-state index contributed by atoms with van der Waals surface area (Å²) >= 11 is 0. The number of hydroxylamine groups is 2. The van der Waals surface area contributed by atoms with Gasteiger partial charge in [0.1, 0.15) is 5.60 Å². The average Bonchev–Trinajstić information content (AvgIpc) is 2.79. The van der Waals surface area contributed by atoms with Crippen LogP contribution in [0.15, 0.2) is 24.3 Å². The van der Waals surface area contributed by atoms with E-state index in [0.29, 0.717) is 30.5 Å². The van der Waals surface area contributed by atoms with Crippen molar-refractivity contribution in [2.75, 3.05) is 6.54 Å². The van der Waals surface area contributed by atoms with Gasteiger partial charge in [0.25, 0.3) is 11.8 Å². The Balaban J connectivity index is 1.61. The molecule has 0 aliphatic carbocycles. The zero-order valence-corrected chi connectivity index (χ0v) is 15.5. The van der Waals surface area contributed by atoms with Crippen LogP contribution >= 0.6 is 0 Å². The summed E-state index contributed by atoms with van der Waals surface area (Å²) in [7, 11) is 0. The molecule has 0 aromatic heterocycles. The highest BCUT2D eigenvalue weighted by atomic mass is 16.7. The van der Waals surface area contributed by atoms with E-state index in [1.54, 1.807) is 29.2 Å². The molecule has 1 aromatic rings. The lowest BCUT2D eigenvalue weighted by atomic mass is 10.0. The van der Waals surface area contributed by atoms with Crippen molar-refractivity contribution in [1.29, 1.82) is 0 Å². The van der Waals surface area contributed by atoms with E-state index >= 15 is 0 Å². The number of hydrogen-bond donors (Lipinski definition) is 0. The molecule has 1 saturated heterocycles. The van der Waals surface area contributed by atoms with E-state index in [2.05, 4.69) is 0 Å². The molecular weight excluding hydrogens is 336 g/mol. The van der Waals surface area contributed by atoms with Gasteiger partial charge < -0.3 is 9.64 Å². The Morgan fingerprint density at radius 3 is 2.19 bits per heavy atom. The molecule has 2 aliphatic rings. The number of benzene rings is 1. The van der Waals surface area contributed by atoms with Crippen LogP contribution in [0.25, 0.3) is 0 Å². The van der Waals surface area contributed by atoms with Crippen LogP contribution in [-0.2, 0) is 9.57 Å². The molecule has 3 amide bonds. The van der Waals surface area contributed by atoms with Crippen LogP contribution in [0.5, 0.6) is 0 Å². The maximum absolute atomic E-state index is 12.4. The van der Waals surface area contributed by atoms with Gasteiger partial charge in [-0.25, -0.2) is 4.79 Å². The SMILES string of the molecule is CC1CC(ON2C(=O)c3ccccc3C2=O)CCN1C(=O)OC(C)(C)C. The Hall–Kier alpha value is -2.41. The highest BCUT2D eigenvalue weighted by molar-refractivity contribution is 6.20. The van der Waals surface area contributed by atoms with Crippen LogP contribution < -0.4 is 0 Å². The molecule has 26 heavy (non-hydrogen) atoms. The van der Waals surface area contributed by atoms with Crippen LogP contribution in [0.1, 0.15) is 61.3 Å². The van der Waals surface area contributed by atoms with Gasteiger partial charge in [-0.3, -0.25) is 14.4 Å². The number of ether oxygens (including phenoxy) is 1. The van der Waals surface area contributed by atoms with Crippen LogP contribution in [0, 0.1) is 0 Å². The molecule has 2 aliphatic heterocycles. The summed E-state index contributed by atoms with van der Waals surface area (Å²) in [5.41, 5.74) is 0.165. The number of hydrogen-bond acceptors (Lipinski definition) is 5. The Bertz CT molecular complexity index is 705. The topological polar surface area (TPSA) is 76.2 Å². The molecule has 0 spiro atoms. The molecule has 0 radical (unpaired) electrons. The molecule has 1 fully saturated rings. The van der Waals surface area contributed by atoms with E-state index in [1.807, 2.05) is 27.7 Å². The number of carbonyl (C=O) groups is 3. The smallest absolute Gasteiger partial charge is 0.410 e. The van der Waals surface area contributed by atoms with E-state index in [1.165, 1.54) is 0 Å². The fourth-order valence-electron chi connectivity index (χ4n) is 3.23. The standard InChI is InChI=1S/C19H24N2O5/c1-12-11-13(9-10-20(12)18(24)25-19(2,3)4)26-21-16(22)14-7-5-6-8-15(14)17(21)23/h5-8,12-13H,9-11H2,1-4H3. The summed E-state index contributed by atoms with van der Waals surface area (Å²) in [4.78, 5) is 44.4. The molecule has 1 aromatic carbocycles. The third-order valence-corrected chi connectivity index (χ3v) is 4.47. The minimum atomic E-state index is -0.551. The average molecular weight is 360 g/mol. The Morgan fingerprint density at radius 2 is 1.69 bits per heavy atom. The Kier molecular flexibility index (Phi) is 4.75. The predicted octanol–water partition coefficient (Wildman–Crippen LogP) is 3.00. The van der Waals surface area contributed by atoms with Gasteiger partial charge in [-0.1, -0.05) is 12.1 Å². The molecule has 2 unspecified atom stereocenters. The van der Waals surface area contributed by atoms with Crippen molar-refractivity contribution in [3.05, 3.63) is 35.4 Å². The molecule has 2 atom stereocenters. The van der Waals surface area contributed by atoms with Crippen molar-refractivity contribution >= 4 is 17.9 Å². The molecule has 0 N–H and O–H groups in total. The second-order valence-electron chi connectivity index (χ2n) is 7.72. The van der Waals surface area contributed by atoms with E-state index in [-0.39, 0.29) is 18.2 Å². The van der Waals surface area contributed by atoms with Crippen molar-refractivity contribution in [2.24, 2.45) is 0 Å². The van der Waals surface area contributed by atoms with Crippen LogP contribution in [0.3, 0.4) is 0 Å². The Morgan fingerprint density at radius 1 is 1.12 bits per heavy atom. The van der Waals surface area contributed by atoms with Crippen molar-refractivity contribution in [1.82, 2.24) is 9.96 Å². The highest BCUT2D eigenvalue weighted by Gasteiger charge is 2.40. The molecule has 0 saturated carbocycles.